The van der Waals surface area contributed by atoms with Gasteiger partial charge in [0.2, 0.25) is 0 Å². The number of rotatable bonds is 15. The number of benzene rings is 2. The van der Waals surface area contributed by atoms with E-state index in [9.17, 15) is 34.1 Å². The molecule has 15 nitrogen and oxygen atoms in total. The van der Waals surface area contributed by atoms with Crippen molar-refractivity contribution in [2.45, 2.75) is 45.4 Å². The Labute approximate surface area is 247 Å². The van der Waals surface area contributed by atoms with Crippen LogP contribution in [0.15, 0.2) is 48.5 Å². The Hall–Kier alpha value is -4.65. The average Bonchev–Trinajstić information content (AvgIpc) is 2.92. The summed E-state index contributed by atoms with van der Waals surface area (Å²) in [7, 11) is 0. The molecule has 0 bridgehead atoms. The number of nitrogens with one attached hydrogen (secondary N) is 3. The molecule has 16 heteroatoms. The van der Waals surface area contributed by atoms with E-state index in [1.165, 1.54) is 24.3 Å². The summed E-state index contributed by atoms with van der Waals surface area (Å²) in [6, 6.07) is 8.98. The number of hydrogen-bond donors (Lipinski definition) is 5. The summed E-state index contributed by atoms with van der Waals surface area (Å²) in [6.07, 6.45) is -1.82. The normalized spacial score (nSPS) is 12.3. The minimum atomic E-state index is -1.42. The zero-order valence-corrected chi connectivity index (χ0v) is 24.9. The van der Waals surface area contributed by atoms with Crippen LogP contribution in [0, 0.1) is 16.0 Å². The van der Waals surface area contributed by atoms with Crippen molar-refractivity contribution in [3.05, 3.63) is 64.2 Å². The van der Waals surface area contributed by atoms with E-state index in [2.05, 4.69) is 16.0 Å². The molecule has 2 aromatic rings. The Kier molecular flexibility index (Phi) is 13.2. The Balaban J connectivity index is 1.97. The number of urea groups is 1. The number of carbonyl (C=O) groups is 5. The van der Waals surface area contributed by atoms with E-state index in [1.807, 2.05) is 0 Å². The van der Waals surface area contributed by atoms with E-state index in [0.29, 0.717) is 12.0 Å². The Morgan fingerprint density at radius 3 is 2.21 bits per heavy atom. The van der Waals surface area contributed by atoms with Gasteiger partial charge >= 0.3 is 232 Å². The van der Waals surface area contributed by atoms with Crippen molar-refractivity contribution in [2.24, 2.45) is 11.7 Å². The molecule has 0 saturated carbocycles. The van der Waals surface area contributed by atoms with Crippen LogP contribution in [0.5, 0.6) is 5.75 Å². The molecule has 4 amide bonds. The SMILES string of the molecule is CC(C)[C@H](NC(=O)O)C(=O)N[C@@H](CCCNC(N)=O)C(=O)[AsH]c1ccc(COC(=O)Oc2ccc([N+](=O)[O-])cc2)cc1. The number of hydrogen-bond acceptors (Lipinski definition) is 9. The fourth-order valence-electron chi connectivity index (χ4n) is 3.53. The quantitative estimate of drug-likeness (QED) is 0.0461. The first-order chi connectivity index (χ1) is 19.8. The number of non-ortho nitro benzene ring substituents is 1. The summed E-state index contributed by atoms with van der Waals surface area (Å²) in [5.74, 6) is -0.922. The second kappa shape index (κ2) is 16.6. The van der Waals surface area contributed by atoms with Crippen molar-refractivity contribution in [3.63, 3.8) is 0 Å². The van der Waals surface area contributed by atoms with Gasteiger partial charge < -0.3 is 0 Å². The number of carbonyl (C=O) groups excluding carboxylic acids is 4. The number of nitrogens with two attached hydrogens (primary N) is 1. The van der Waals surface area contributed by atoms with Crippen LogP contribution in [0.1, 0.15) is 32.3 Å². The summed E-state index contributed by atoms with van der Waals surface area (Å²) >= 11 is -1.42. The van der Waals surface area contributed by atoms with Gasteiger partial charge in [-0.3, -0.25) is 10.1 Å². The molecule has 226 valence electrons. The first-order valence-electron chi connectivity index (χ1n) is 12.7. The molecule has 0 aliphatic rings. The number of ether oxygens (including phenoxy) is 2. The van der Waals surface area contributed by atoms with Crippen LogP contribution in [-0.2, 0) is 20.9 Å². The number of nitro groups is 1. The first kappa shape index (κ1) is 33.6. The third kappa shape index (κ3) is 11.8. The van der Waals surface area contributed by atoms with E-state index < -0.39 is 56.9 Å². The number of carboxylic acid groups (broad SMARTS) is 1. The molecule has 2 rings (SSSR count). The number of amides is 4. The van der Waals surface area contributed by atoms with E-state index in [1.54, 1.807) is 38.1 Å². The van der Waals surface area contributed by atoms with Crippen LogP contribution in [0.4, 0.5) is 20.1 Å². The minimum absolute atomic E-state index is 0.0790. The van der Waals surface area contributed by atoms with Crippen molar-refractivity contribution >= 4 is 54.5 Å². The molecule has 0 aliphatic carbocycles. The van der Waals surface area contributed by atoms with Crippen molar-refractivity contribution < 1.29 is 43.5 Å². The molecule has 0 radical (unpaired) electrons. The predicted molar refractivity (Wildman–Crippen MR) is 151 cm³/mol. The molecule has 1 unspecified atom stereocenters. The van der Waals surface area contributed by atoms with E-state index >= 15 is 0 Å². The Bertz CT molecular complexity index is 1270. The van der Waals surface area contributed by atoms with Crippen LogP contribution in [-0.4, -0.2) is 73.2 Å². The van der Waals surface area contributed by atoms with Gasteiger partial charge in [0.05, 0.1) is 4.92 Å². The van der Waals surface area contributed by atoms with Gasteiger partial charge in [0, 0.05) is 0 Å². The fraction of sp³-hybridized carbons (Fsp3) is 0.346. The van der Waals surface area contributed by atoms with Gasteiger partial charge in [0.15, 0.2) is 0 Å². The van der Waals surface area contributed by atoms with Crippen molar-refractivity contribution in [1.82, 2.24) is 16.0 Å². The Morgan fingerprint density at radius 1 is 1.02 bits per heavy atom. The van der Waals surface area contributed by atoms with E-state index in [-0.39, 0.29) is 41.5 Å². The molecule has 42 heavy (non-hydrogen) atoms. The molecular weight excluding hydrogens is 617 g/mol. The summed E-state index contributed by atoms with van der Waals surface area (Å²) in [4.78, 5) is 70.2. The van der Waals surface area contributed by atoms with Gasteiger partial charge in [-0.2, -0.15) is 0 Å². The number of nitrogens with zero attached hydrogens (tertiary/aromatic N) is 1. The number of nitro benzene ring substituents is 1. The molecule has 0 aromatic heterocycles. The standard InChI is InChI=1S/C26H32AsN5O10/c1-15(2)21(31-25(36)37)23(34)30-20(4-3-13-29-24(28)35)22(33)27-17-7-5-16(6-8-17)14-41-26(38)42-19-11-9-18(10-12-19)32(39)40/h5-12,15,20-21,27,31H,3-4,13-14H2,1-2H3,(H,30,34)(H,36,37)(H3,28,29,35)/t20-,21-/m0/s1. The summed E-state index contributed by atoms with van der Waals surface area (Å²) < 4.78 is 10.6. The van der Waals surface area contributed by atoms with Crippen LogP contribution >= 0.6 is 0 Å². The monoisotopic (exact) mass is 649 g/mol. The third-order valence-corrected chi connectivity index (χ3v) is 8.21. The molecule has 0 heterocycles. The second-order valence-electron chi connectivity index (χ2n) is 9.24. The molecule has 0 aliphatic heterocycles. The van der Waals surface area contributed by atoms with Crippen LogP contribution in [0.25, 0.3) is 0 Å². The maximum atomic E-state index is 13.2. The Morgan fingerprint density at radius 2 is 1.67 bits per heavy atom. The van der Waals surface area contributed by atoms with Crippen LogP contribution in [0.2, 0.25) is 0 Å². The maximum absolute atomic E-state index is 13.2. The topological polar surface area (TPSA) is 229 Å². The fourth-order valence-corrected chi connectivity index (χ4v) is 5.65. The van der Waals surface area contributed by atoms with Gasteiger partial charge in [-0.1, -0.05) is 0 Å². The van der Waals surface area contributed by atoms with Crippen molar-refractivity contribution in [3.8, 4) is 5.75 Å². The molecule has 3 atom stereocenters. The summed E-state index contributed by atoms with van der Waals surface area (Å²) in [5.41, 5.74) is 5.53. The molecule has 0 fully saturated rings. The molecule has 6 N–H and O–H groups in total. The predicted octanol–water partition coefficient (Wildman–Crippen LogP) is 1.12. The molecule has 0 saturated heterocycles. The first-order valence-corrected chi connectivity index (χ1v) is 14.8. The van der Waals surface area contributed by atoms with E-state index in [4.69, 9.17) is 20.3 Å². The van der Waals surface area contributed by atoms with Crippen LogP contribution < -0.4 is 30.8 Å². The average molecular weight is 649 g/mol. The zero-order valence-electron chi connectivity index (χ0n) is 22.8. The van der Waals surface area contributed by atoms with E-state index in [0.717, 1.165) is 4.35 Å². The van der Waals surface area contributed by atoms with Gasteiger partial charge in [-0.25, -0.2) is 0 Å². The number of primary amides is 1. The molecule has 2 aromatic carbocycles. The third-order valence-electron chi connectivity index (χ3n) is 5.66. The van der Waals surface area contributed by atoms with Gasteiger partial charge in [-0.15, -0.1) is 0 Å². The van der Waals surface area contributed by atoms with Crippen molar-refractivity contribution in [2.75, 3.05) is 6.54 Å². The van der Waals surface area contributed by atoms with Gasteiger partial charge in [-0.05, 0) is 0 Å². The van der Waals surface area contributed by atoms with Gasteiger partial charge in [0.25, 0.3) is 0 Å². The van der Waals surface area contributed by atoms with Crippen LogP contribution in [0.3, 0.4) is 0 Å². The van der Waals surface area contributed by atoms with Crippen molar-refractivity contribution in [1.29, 1.82) is 0 Å². The van der Waals surface area contributed by atoms with Gasteiger partial charge in [0.1, 0.15) is 0 Å². The summed E-state index contributed by atoms with van der Waals surface area (Å²) in [5, 5.41) is 27.0. The zero-order chi connectivity index (χ0) is 31.2. The molecule has 0 spiro atoms. The second-order valence-corrected chi connectivity index (χ2v) is 12.0. The molecular formula is C26H32AsN5O10. The summed E-state index contributed by atoms with van der Waals surface area (Å²) in [6.45, 7) is 3.40.